The second-order valence-electron chi connectivity index (χ2n) is 16.6. The maximum absolute atomic E-state index is 15.2. The lowest BCUT2D eigenvalue weighted by Gasteiger charge is -2.67. The molecule has 0 radical (unpaired) electrons. The van der Waals surface area contributed by atoms with Crippen molar-refractivity contribution in [1.82, 2.24) is 5.32 Å². The van der Waals surface area contributed by atoms with Crippen molar-refractivity contribution < 1.29 is 57.9 Å². The zero-order valence-corrected chi connectivity index (χ0v) is 31.9. The first kappa shape index (κ1) is 39.6. The Labute approximate surface area is 304 Å². The highest BCUT2D eigenvalue weighted by molar-refractivity contribution is 5.94. The average Bonchev–Trinajstić information content (AvgIpc) is 3.05. The first-order chi connectivity index (χ1) is 23.9. The minimum atomic E-state index is -2.21. The highest BCUT2D eigenvalue weighted by Crippen LogP contribution is 2.64. The Morgan fingerprint density at radius 1 is 0.962 bits per heavy atom. The van der Waals surface area contributed by atoms with Crippen LogP contribution in [0.4, 0.5) is 0 Å². The number of carbonyl (C=O) groups excluding carboxylic acids is 5. The molecule has 5 rings (SSSR count). The van der Waals surface area contributed by atoms with E-state index in [1.165, 1.54) is 32.9 Å². The van der Waals surface area contributed by atoms with Crippen molar-refractivity contribution >= 4 is 29.7 Å². The third kappa shape index (κ3) is 5.70. The van der Waals surface area contributed by atoms with E-state index in [1.807, 2.05) is 13.8 Å². The quantitative estimate of drug-likeness (QED) is 0.202. The maximum atomic E-state index is 15.2. The molecule has 0 spiro atoms. The molecule has 9 atom stereocenters. The van der Waals surface area contributed by atoms with Crippen LogP contribution < -0.4 is 5.32 Å². The van der Waals surface area contributed by atoms with Crippen molar-refractivity contribution in [1.29, 1.82) is 0 Å². The molecule has 1 aliphatic heterocycles. The van der Waals surface area contributed by atoms with Gasteiger partial charge in [0.1, 0.15) is 36.1 Å². The van der Waals surface area contributed by atoms with Gasteiger partial charge in [-0.05, 0) is 71.9 Å². The molecule has 3 unspecified atom stereocenters. The summed E-state index contributed by atoms with van der Waals surface area (Å²) in [6.07, 6.45) is -7.41. The number of rotatable bonds is 8. The zero-order chi connectivity index (χ0) is 39.0. The predicted octanol–water partition coefficient (Wildman–Crippen LogP) is 3.23. The second kappa shape index (κ2) is 13.0. The van der Waals surface area contributed by atoms with Crippen molar-refractivity contribution in [3.8, 4) is 0 Å². The smallest absolute Gasteiger partial charge is 0.338 e. The van der Waals surface area contributed by atoms with Gasteiger partial charge < -0.3 is 39.2 Å². The van der Waals surface area contributed by atoms with Gasteiger partial charge in [0.25, 0.3) is 0 Å². The van der Waals surface area contributed by atoms with Crippen LogP contribution in [0.3, 0.4) is 0 Å². The van der Waals surface area contributed by atoms with Gasteiger partial charge in [-0.25, -0.2) is 4.79 Å². The molecule has 1 heterocycles. The Morgan fingerprint density at radius 3 is 2.10 bits per heavy atom. The fourth-order valence-electron chi connectivity index (χ4n) is 8.97. The Balaban J connectivity index is 1.81. The highest BCUT2D eigenvalue weighted by atomic mass is 16.6. The van der Waals surface area contributed by atoms with Gasteiger partial charge in [0.2, 0.25) is 0 Å². The van der Waals surface area contributed by atoms with Gasteiger partial charge in [-0.15, -0.1) is 0 Å². The molecule has 3 N–H and O–H groups in total. The van der Waals surface area contributed by atoms with Crippen molar-refractivity contribution in [3.63, 3.8) is 0 Å². The molecule has 4 aliphatic rings. The molecule has 3 aliphatic carbocycles. The normalized spacial score (nSPS) is 35.4. The molecule has 52 heavy (non-hydrogen) atoms. The molecular formula is C39H53NO12. The summed E-state index contributed by atoms with van der Waals surface area (Å²) in [5.41, 5.74) is -8.61. The van der Waals surface area contributed by atoms with E-state index in [0.717, 1.165) is 0 Å². The van der Waals surface area contributed by atoms with E-state index >= 15 is 4.79 Å². The van der Waals surface area contributed by atoms with Crippen LogP contribution in [0.2, 0.25) is 0 Å². The summed E-state index contributed by atoms with van der Waals surface area (Å²) >= 11 is 0. The number of nitrogens with one attached hydrogen (secondary N) is 1. The fraction of sp³-hybridized carbons (Fsp3) is 0.667. The van der Waals surface area contributed by atoms with Gasteiger partial charge in [0.15, 0.2) is 11.4 Å². The summed E-state index contributed by atoms with van der Waals surface area (Å²) in [5.74, 6) is -5.16. The lowest BCUT2D eigenvalue weighted by atomic mass is 9.44. The number of esters is 4. The number of aliphatic hydroxyl groups excluding tert-OH is 1. The van der Waals surface area contributed by atoms with Crippen LogP contribution in [0, 0.1) is 22.2 Å². The summed E-state index contributed by atoms with van der Waals surface area (Å²) in [4.78, 5) is 68.8. The Hall–Kier alpha value is -3.65. The Bertz CT molecular complexity index is 1680. The Kier molecular flexibility index (Phi) is 9.91. The molecular weight excluding hydrogens is 674 g/mol. The lowest BCUT2D eigenvalue weighted by molar-refractivity contribution is -0.346. The van der Waals surface area contributed by atoms with Gasteiger partial charge in [-0.3, -0.25) is 19.2 Å². The SMILES string of the molecule is CNC(C)(C)C(C)(C)C(=O)OC1C[C@@]2(O)C(OC(=O)c3ccccc3)C3[C@](C)(C(=O)[C@H](O)C(=C1C)C2(C)C)[C@@H](OC(C)=O)C[C@H]1OC[C@@]31OC(C)=O. The van der Waals surface area contributed by atoms with E-state index in [2.05, 4.69) is 5.32 Å². The fourth-order valence-corrected chi connectivity index (χ4v) is 8.97. The first-order valence-electron chi connectivity index (χ1n) is 17.7. The van der Waals surface area contributed by atoms with E-state index in [9.17, 15) is 29.4 Å². The summed E-state index contributed by atoms with van der Waals surface area (Å²) in [7, 11) is 1.72. The molecule has 3 fully saturated rings. The molecule has 0 amide bonds. The van der Waals surface area contributed by atoms with E-state index < -0.39 is 99.1 Å². The molecule has 2 bridgehead atoms. The van der Waals surface area contributed by atoms with Gasteiger partial charge in [0.05, 0.1) is 28.9 Å². The third-order valence-electron chi connectivity index (χ3n) is 13.1. The average molecular weight is 728 g/mol. The molecule has 286 valence electrons. The monoisotopic (exact) mass is 727 g/mol. The summed E-state index contributed by atoms with van der Waals surface area (Å²) in [6.45, 7) is 15.6. The van der Waals surface area contributed by atoms with Crippen LogP contribution in [0.1, 0.15) is 92.4 Å². The van der Waals surface area contributed by atoms with Gasteiger partial charge >= 0.3 is 23.9 Å². The third-order valence-corrected chi connectivity index (χ3v) is 13.1. The van der Waals surface area contributed by atoms with Gasteiger partial charge in [-0.2, -0.15) is 0 Å². The van der Waals surface area contributed by atoms with Gasteiger partial charge in [0, 0.05) is 37.6 Å². The largest absolute Gasteiger partial charge is 0.461 e. The van der Waals surface area contributed by atoms with E-state index in [0.29, 0.717) is 5.57 Å². The molecule has 0 aromatic heterocycles. The predicted molar refractivity (Wildman–Crippen MR) is 186 cm³/mol. The maximum Gasteiger partial charge on any atom is 0.338 e. The number of hydrogen-bond donors (Lipinski definition) is 3. The number of ether oxygens (including phenoxy) is 5. The number of Topliss-reactive ketones (excluding diaryl/α,β-unsaturated/α-hetero) is 1. The van der Waals surface area contributed by atoms with Crippen molar-refractivity contribution in [2.75, 3.05) is 13.7 Å². The van der Waals surface area contributed by atoms with Crippen LogP contribution in [0.15, 0.2) is 41.5 Å². The van der Waals surface area contributed by atoms with Gasteiger partial charge in [-0.1, -0.05) is 32.0 Å². The highest BCUT2D eigenvalue weighted by Gasteiger charge is 2.78. The summed E-state index contributed by atoms with van der Waals surface area (Å²) < 4.78 is 30.4. The van der Waals surface area contributed by atoms with Crippen molar-refractivity contribution in [3.05, 3.63) is 47.0 Å². The molecule has 13 nitrogen and oxygen atoms in total. The second-order valence-corrected chi connectivity index (χ2v) is 16.6. The molecule has 1 aromatic rings. The standard InChI is InChI=1S/C39H53NO12/c1-20-24(50-33(46)35(6,7)36(8,9)40-11)18-39(47)31(51-32(45)23-15-13-12-14-16-23)29-37(10,30(44)28(43)27(20)34(39,4)5)25(49-21(2)41)17-26-38(29,19-48-26)52-22(3)42/h12-16,24-26,28-29,31,40,43,47H,17-19H2,1-11H3/t24?,25-,26+,28+,29?,31?,37+,38-,39+/m0/s1. The topological polar surface area (TPSA) is 184 Å². The summed E-state index contributed by atoms with van der Waals surface area (Å²) in [5, 5.41) is 28.9. The van der Waals surface area contributed by atoms with Crippen LogP contribution in [0.25, 0.3) is 0 Å². The minimum absolute atomic E-state index is 0.0743. The lowest BCUT2D eigenvalue weighted by Crippen LogP contribution is -2.82. The van der Waals surface area contributed by atoms with Crippen molar-refractivity contribution in [2.24, 2.45) is 22.2 Å². The molecule has 13 heteroatoms. The van der Waals surface area contributed by atoms with E-state index in [1.54, 1.807) is 59.9 Å². The van der Waals surface area contributed by atoms with Crippen LogP contribution in [-0.4, -0.2) is 101 Å². The number of fused-ring (bicyclic) bond motifs is 5. The first-order valence-corrected chi connectivity index (χ1v) is 17.7. The van der Waals surface area contributed by atoms with E-state index in [4.69, 9.17) is 23.7 Å². The number of ketones is 1. The number of hydrogen-bond acceptors (Lipinski definition) is 13. The van der Waals surface area contributed by atoms with Crippen LogP contribution in [-0.2, 0) is 42.9 Å². The summed E-state index contributed by atoms with van der Waals surface area (Å²) in [6, 6.07) is 8.05. The van der Waals surface area contributed by atoms with Crippen LogP contribution in [0.5, 0.6) is 0 Å². The number of aliphatic hydroxyl groups is 2. The zero-order valence-electron chi connectivity index (χ0n) is 31.9. The molecule has 1 aromatic carbocycles. The minimum Gasteiger partial charge on any atom is -0.461 e. The molecule has 1 saturated heterocycles. The number of benzene rings is 1. The molecule has 2 saturated carbocycles. The van der Waals surface area contributed by atoms with E-state index in [-0.39, 0.29) is 30.6 Å². The van der Waals surface area contributed by atoms with Crippen molar-refractivity contribution in [2.45, 2.75) is 129 Å². The Morgan fingerprint density at radius 2 is 1.58 bits per heavy atom. The van der Waals surface area contributed by atoms with Crippen LogP contribution >= 0.6 is 0 Å². The number of carbonyl (C=O) groups is 5.